The molecule has 0 saturated carbocycles. The Hall–Kier alpha value is -1.33. The summed E-state index contributed by atoms with van der Waals surface area (Å²) >= 11 is 0. The van der Waals surface area contributed by atoms with E-state index >= 15 is 0 Å². The first-order valence-corrected chi connectivity index (χ1v) is 6.00. The molecule has 0 heterocycles. The van der Waals surface area contributed by atoms with Crippen LogP contribution in [0.3, 0.4) is 0 Å². The van der Waals surface area contributed by atoms with Crippen molar-refractivity contribution in [3.8, 4) is 6.07 Å². The first-order chi connectivity index (χ1) is 7.92. The van der Waals surface area contributed by atoms with E-state index in [-0.39, 0.29) is 0 Å². The van der Waals surface area contributed by atoms with Gasteiger partial charge in [-0.3, -0.25) is 0 Å². The van der Waals surface area contributed by atoms with Gasteiger partial charge < -0.3 is 4.74 Å². The van der Waals surface area contributed by atoms with E-state index in [0.29, 0.717) is 17.6 Å². The fraction of sp³-hybridized carbons (Fsp3) is 0.533. The van der Waals surface area contributed by atoms with Crippen LogP contribution in [0.25, 0.3) is 0 Å². The van der Waals surface area contributed by atoms with Crippen molar-refractivity contribution in [2.24, 2.45) is 5.41 Å². The van der Waals surface area contributed by atoms with Crippen molar-refractivity contribution in [1.29, 1.82) is 5.26 Å². The molecule has 2 nitrogen and oxygen atoms in total. The lowest BCUT2D eigenvalue weighted by atomic mass is 9.93. The van der Waals surface area contributed by atoms with E-state index < -0.39 is 0 Å². The average molecular weight is 231 g/mol. The van der Waals surface area contributed by atoms with Crippen LogP contribution < -0.4 is 0 Å². The molecule has 0 N–H and O–H groups in total. The van der Waals surface area contributed by atoms with Gasteiger partial charge in [-0.15, -0.1) is 0 Å². The molecular formula is C15H21NO. The first kappa shape index (κ1) is 13.7. The third kappa shape index (κ3) is 5.01. The molecule has 17 heavy (non-hydrogen) atoms. The van der Waals surface area contributed by atoms with Gasteiger partial charge in [0.05, 0.1) is 18.2 Å². The highest BCUT2D eigenvalue weighted by Gasteiger charge is 2.09. The van der Waals surface area contributed by atoms with Gasteiger partial charge in [0.1, 0.15) is 0 Å². The highest BCUT2D eigenvalue weighted by Crippen LogP contribution is 2.19. The largest absolute Gasteiger partial charge is 0.377 e. The lowest BCUT2D eigenvalue weighted by molar-refractivity contribution is 0.0959. The van der Waals surface area contributed by atoms with Crippen molar-refractivity contribution < 1.29 is 4.74 Å². The minimum absolute atomic E-state index is 0.319. The van der Waals surface area contributed by atoms with Gasteiger partial charge in [0.2, 0.25) is 0 Å². The smallest absolute Gasteiger partial charge is 0.0991 e. The first-order valence-electron chi connectivity index (χ1n) is 6.00. The highest BCUT2D eigenvalue weighted by atomic mass is 16.5. The minimum Gasteiger partial charge on any atom is -0.377 e. The molecule has 1 aromatic carbocycles. The number of hydrogen-bond acceptors (Lipinski definition) is 2. The third-order valence-electron chi connectivity index (χ3n) is 2.73. The second-order valence-electron chi connectivity index (χ2n) is 5.62. The summed E-state index contributed by atoms with van der Waals surface area (Å²) in [6.45, 7) is 10.1. The Morgan fingerprint density at radius 1 is 1.29 bits per heavy atom. The molecule has 0 aliphatic carbocycles. The standard InChI is InChI=1S/C15H21NO/c1-12-9-13(10-16)5-6-14(12)11-17-8-7-15(2,3)4/h5-6,9H,7-8,11H2,1-4H3. The summed E-state index contributed by atoms with van der Waals surface area (Å²) in [7, 11) is 0. The quantitative estimate of drug-likeness (QED) is 0.738. The van der Waals surface area contributed by atoms with E-state index in [1.807, 2.05) is 25.1 Å². The van der Waals surface area contributed by atoms with Crippen molar-refractivity contribution in [3.63, 3.8) is 0 Å². The van der Waals surface area contributed by atoms with Crippen LogP contribution in [-0.2, 0) is 11.3 Å². The molecule has 2 heteroatoms. The number of nitriles is 1. The van der Waals surface area contributed by atoms with Crippen LogP contribution in [0, 0.1) is 23.7 Å². The molecule has 0 radical (unpaired) electrons. The molecule has 0 aliphatic heterocycles. The lowest BCUT2D eigenvalue weighted by Crippen LogP contribution is -2.09. The zero-order valence-corrected chi connectivity index (χ0v) is 11.2. The van der Waals surface area contributed by atoms with Crippen LogP contribution in [0.1, 0.15) is 43.9 Å². The average Bonchev–Trinajstić information content (AvgIpc) is 2.24. The Kier molecular flexibility index (Phi) is 4.72. The summed E-state index contributed by atoms with van der Waals surface area (Å²) in [6.07, 6.45) is 1.06. The molecule has 0 fully saturated rings. The van der Waals surface area contributed by atoms with E-state index in [2.05, 4.69) is 26.8 Å². The lowest BCUT2D eigenvalue weighted by Gasteiger charge is -2.17. The molecule has 92 valence electrons. The van der Waals surface area contributed by atoms with Gasteiger partial charge in [0.15, 0.2) is 0 Å². The molecule has 0 bridgehead atoms. The number of benzene rings is 1. The Morgan fingerprint density at radius 2 is 2.00 bits per heavy atom. The molecule has 0 amide bonds. The molecule has 0 aromatic heterocycles. The summed E-state index contributed by atoms with van der Waals surface area (Å²) in [5.74, 6) is 0. The number of hydrogen-bond donors (Lipinski definition) is 0. The Balaban J connectivity index is 2.45. The minimum atomic E-state index is 0.319. The molecule has 0 saturated heterocycles. The summed E-state index contributed by atoms with van der Waals surface area (Å²) in [4.78, 5) is 0. The second kappa shape index (κ2) is 5.84. The van der Waals surface area contributed by atoms with E-state index in [9.17, 15) is 0 Å². The van der Waals surface area contributed by atoms with Gasteiger partial charge in [0, 0.05) is 6.61 Å². The maximum Gasteiger partial charge on any atom is 0.0991 e. The number of nitrogens with zero attached hydrogens (tertiary/aromatic N) is 1. The topological polar surface area (TPSA) is 33.0 Å². The van der Waals surface area contributed by atoms with Gasteiger partial charge in [-0.25, -0.2) is 0 Å². The van der Waals surface area contributed by atoms with Crippen molar-refractivity contribution in [2.75, 3.05) is 6.61 Å². The molecule has 1 aromatic rings. The predicted octanol–water partition coefficient (Wildman–Crippen LogP) is 3.82. The van der Waals surface area contributed by atoms with Gasteiger partial charge in [-0.1, -0.05) is 26.8 Å². The van der Waals surface area contributed by atoms with Crippen molar-refractivity contribution in [1.82, 2.24) is 0 Å². The normalized spacial score (nSPS) is 11.2. The van der Waals surface area contributed by atoms with E-state index in [0.717, 1.165) is 24.2 Å². The van der Waals surface area contributed by atoms with Crippen LogP contribution in [0.2, 0.25) is 0 Å². The molecule has 0 atom stereocenters. The monoisotopic (exact) mass is 231 g/mol. The summed E-state index contributed by atoms with van der Waals surface area (Å²) in [5, 5.41) is 8.78. The van der Waals surface area contributed by atoms with Crippen LogP contribution >= 0.6 is 0 Å². The summed E-state index contributed by atoms with van der Waals surface area (Å²) in [5.41, 5.74) is 3.32. The maximum absolute atomic E-state index is 8.78. The zero-order valence-electron chi connectivity index (χ0n) is 11.2. The van der Waals surface area contributed by atoms with E-state index in [4.69, 9.17) is 10.00 Å². The maximum atomic E-state index is 8.78. The summed E-state index contributed by atoms with van der Waals surface area (Å²) < 4.78 is 5.67. The molecule has 0 aliphatic rings. The van der Waals surface area contributed by atoms with Crippen molar-refractivity contribution in [3.05, 3.63) is 34.9 Å². The van der Waals surface area contributed by atoms with Gasteiger partial charge in [0.25, 0.3) is 0 Å². The molecule has 0 unspecified atom stereocenters. The molecule has 0 spiro atoms. The number of rotatable bonds is 4. The van der Waals surface area contributed by atoms with E-state index in [1.165, 1.54) is 0 Å². The van der Waals surface area contributed by atoms with Gasteiger partial charge in [-0.05, 0) is 42.0 Å². The third-order valence-corrected chi connectivity index (χ3v) is 2.73. The van der Waals surface area contributed by atoms with Crippen LogP contribution in [-0.4, -0.2) is 6.61 Å². The second-order valence-corrected chi connectivity index (χ2v) is 5.62. The predicted molar refractivity (Wildman–Crippen MR) is 69.6 cm³/mol. The SMILES string of the molecule is Cc1cc(C#N)ccc1COCCC(C)(C)C. The van der Waals surface area contributed by atoms with E-state index in [1.54, 1.807) is 0 Å². The summed E-state index contributed by atoms with van der Waals surface area (Å²) in [6, 6.07) is 7.87. The van der Waals surface area contributed by atoms with Crippen molar-refractivity contribution >= 4 is 0 Å². The molecule has 1 rings (SSSR count). The van der Waals surface area contributed by atoms with Crippen LogP contribution in [0.4, 0.5) is 0 Å². The van der Waals surface area contributed by atoms with Gasteiger partial charge in [-0.2, -0.15) is 5.26 Å². The molecular weight excluding hydrogens is 210 g/mol. The van der Waals surface area contributed by atoms with Gasteiger partial charge >= 0.3 is 0 Å². The zero-order chi connectivity index (χ0) is 12.9. The van der Waals surface area contributed by atoms with Crippen LogP contribution in [0.5, 0.6) is 0 Å². The number of aryl methyl sites for hydroxylation is 1. The Bertz CT molecular complexity index is 410. The van der Waals surface area contributed by atoms with Crippen molar-refractivity contribution in [2.45, 2.75) is 40.7 Å². The highest BCUT2D eigenvalue weighted by molar-refractivity contribution is 5.37. The fourth-order valence-electron chi connectivity index (χ4n) is 1.49. The van der Waals surface area contributed by atoms with Crippen LogP contribution in [0.15, 0.2) is 18.2 Å². The fourth-order valence-corrected chi connectivity index (χ4v) is 1.49. The Labute approximate surface area is 104 Å². The Morgan fingerprint density at radius 3 is 2.53 bits per heavy atom. The number of ether oxygens (including phenoxy) is 1.